The van der Waals surface area contributed by atoms with Gasteiger partial charge in [-0.3, -0.25) is 4.79 Å². The van der Waals surface area contributed by atoms with E-state index >= 15 is 0 Å². The number of para-hydroxylation sites is 1. The van der Waals surface area contributed by atoms with Crippen molar-refractivity contribution < 1.29 is 19.0 Å². The van der Waals surface area contributed by atoms with Crippen molar-refractivity contribution in [2.45, 2.75) is 29.0 Å². The third-order valence-electron chi connectivity index (χ3n) is 6.34. The Balaban J connectivity index is 1.53. The van der Waals surface area contributed by atoms with Gasteiger partial charge in [-0.05, 0) is 55.0 Å². The number of thioether (sulfide) groups is 1. The summed E-state index contributed by atoms with van der Waals surface area (Å²) in [6.07, 6.45) is 0.326. The van der Waals surface area contributed by atoms with Crippen LogP contribution < -0.4 is 10.1 Å². The average molecular weight is 513 g/mol. The number of benzene rings is 3. The van der Waals surface area contributed by atoms with Crippen LogP contribution in [0.4, 0.5) is 4.39 Å². The number of pyridine rings is 1. The molecule has 1 saturated heterocycles. The van der Waals surface area contributed by atoms with Crippen molar-refractivity contribution in [2.75, 3.05) is 0 Å². The number of carbonyl (C=O) groups excluding carboxylic acids is 1. The molecule has 5 nitrogen and oxygen atoms in total. The summed E-state index contributed by atoms with van der Waals surface area (Å²) >= 11 is 1.46. The molecule has 1 amide bonds. The fraction of sp³-hybridized carbons (Fsp3) is 0.133. The Hall–Kier alpha value is -4.10. The summed E-state index contributed by atoms with van der Waals surface area (Å²) < 4.78 is 19.2. The standard InChI is InChI=1S/C30H25FN2O3S/c1-19-8-3-6-11-25(19)37-28-20(2)18-30(33-29(28)35,23-9-4-5-10-24(23)34)26-12-7-13-27(32-26)36-22-16-14-21(31)15-17-22/h3-17,28,34H,2,18H2,1H3,(H,33,35). The van der Waals surface area contributed by atoms with E-state index in [1.165, 1.54) is 36.0 Å². The second kappa shape index (κ2) is 10.1. The number of hydrogen-bond acceptors (Lipinski definition) is 5. The number of aryl methyl sites for hydroxylation is 1. The maximum absolute atomic E-state index is 13.6. The Labute approximate surface area is 219 Å². The minimum Gasteiger partial charge on any atom is -0.508 e. The predicted octanol–water partition coefficient (Wildman–Crippen LogP) is 6.51. The van der Waals surface area contributed by atoms with Gasteiger partial charge < -0.3 is 15.2 Å². The number of nitrogens with zero attached hydrogens (tertiary/aromatic N) is 1. The maximum Gasteiger partial charge on any atom is 0.238 e. The van der Waals surface area contributed by atoms with Crippen molar-refractivity contribution >= 4 is 17.7 Å². The number of nitrogens with one attached hydrogen (secondary N) is 1. The molecule has 1 aliphatic rings. The number of phenolic OH excluding ortho intramolecular Hbond substituents is 1. The first-order valence-electron chi connectivity index (χ1n) is 11.8. The predicted molar refractivity (Wildman–Crippen MR) is 142 cm³/mol. The SMILES string of the molecule is C=C1CC(c2cccc(Oc3ccc(F)cc3)n2)(c2ccccc2O)NC(=O)C1Sc1ccccc1C. The van der Waals surface area contributed by atoms with Gasteiger partial charge in [-0.25, -0.2) is 9.37 Å². The molecule has 2 unspecified atom stereocenters. The van der Waals surface area contributed by atoms with E-state index in [0.717, 1.165) is 10.5 Å². The van der Waals surface area contributed by atoms with E-state index in [1.54, 1.807) is 42.5 Å². The van der Waals surface area contributed by atoms with E-state index in [9.17, 15) is 14.3 Å². The second-order valence-electron chi connectivity index (χ2n) is 8.93. The molecular formula is C30H25FN2O3S. The van der Waals surface area contributed by atoms with Crippen molar-refractivity contribution in [3.8, 4) is 17.4 Å². The molecule has 4 aromatic rings. The summed E-state index contributed by atoms with van der Waals surface area (Å²) in [6.45, 7) is 6.30. The van der Waals surface area contributed by atoms with Crippen molar-refractivity contribution in [2.24, 2.45) is 0 Å². The number of ether oxygens (including phenoxy) is 1. The van der Waals surface area contributed by atoms with Gasteiger partial charge in [-0.15, -0.1) is 11.8 Å². The molecule has 2 N–H and O–H groups in total. The fourth-order valence-electron chi connectivity index (χ4n) is 4.51. The number of amides is 1. The zero-order valence-electron chi connectivity index (χ0n) is 20.1. The van der Waals surface area contributed by atoms with Gasteiger partial charge in [0.1, 0.15) is 28.1 Å². The molecule has 5 rings (SSSR count). The lowest BCUT2D eigenvalue weighted by molar-refractivity contribution is -0.122. The normalized spacial score (nSPS) is 19.4. The number of aromatic nitrogens is 1. The lowest BCUT2D eigenvalue weighted by atomic mass is 9.77. The van der Waals surface area contributed by atoms with Crippen LogP contribution in [0.3, 0.4) is 0 Å². The van der Waals surface area contributed by atoms with Gasteiger partial charge in [-0.1, -0.05) is 54.6 Å². The summed E-state index contributed by atoms with van der Waals surface area (Å²) in [5.74, 6) is 0.144. The van der Waals surface area contributed by atoms with E-state index in [4.69, 9.17) is 9.72 Å². The third-order valence-corrected chi connectivity index (χ3v) is 7.83. The zero-order valence-corrected chi connectivity index (χ0v) is 21.0. The quantitative estimate of drug-likeness (QED) is 0.288. The van der Waals surface area contributed by atoms with Gasteiger partial charge in [0.15, 0.2) is 0 Å². The minimum atomic E-state index is -1.16. The maximum atomic E-state index is 13.6. The second-order valence-corrected chi connectivity index (χ2v) is 10.1. The van der Waals surface area contributed by atoms with Crippen LogP contribution in [0.1, 0.15) is 23.2 Å². The van der Waals surface area contributed by atoms with Gasteiger partial charge in [0.2, 0.25) is 11.8 Å². The Kier molecular flexibility index (Phi) is 6.72. The fourth-order valence-corrected chi connectivity index (χ4v) is 5.59. The first-order valence-corrected chi connectivity index (χ1v) is 12.6. The van der Waals surface area contributed by atoms with Crippen LogP contribution in [0.5, 0.6) is 17.4 Å². The summed E-state index contributed by atoms with van der Waals surface area (Å²) in [5.41, 5.74) is 1.63. The molecule has 3 aromatic carbocycles. The monoisotopic (exact) mass is 512 g/mol. The van der Waals surface area contributed by atoms with Crippen LogP contribution in [0, 0.1) is 12.7 Å². The van der Waals surface area contributed by atoms with Crippen LogP contribution in [0.25, 0.3) is 0 Å². The van der Waals surface area contributed by atoms with Crippen LogP contribution in [-0.4, -0.2) is 21.2 Å². The molecular weight excluding hydrogens is 487 g/mol. The van der Waals surface area contributed by atoms with Gasteiger partial charge >= 0.3 is 0 Å². The van der Waals surface area contributed by atoms with Crippen LogP contribution in [0.2, 0.25) is 0 Å². The largest absolute Gasteiger partial charge is 0.508 e. The number of carbonyl (C=O) groups is 1. The highest BCUT2D eigenvalue weighted by atomic mass is 32.2. The first kappa shape index (κ1) is 24.6. The Morgan fingerprint density at radius 3 is 2.49 bits per heavy atom. The molecule has 0 spiro atoms. The molecule has 2 atom stereocenters. The highest BCUT2D eigenvalue weighted by Gasteiger charge is 2.47. The highest BCUT2D eigenvalue weighted by molar-refractivity contribution is 8.00. The average Bonchev–Trinajstić information content (AvgIpc) is 2.89. The molecule has 0 bridgehead atoms. The molecule has 7 heteroatoms. The first-order chi connectivity index (χ1) is 17.9. The number of aromatic hydroxyl groups is 1. The van der Waals surface area contributed by atoms with Crippen LogP contribution in [-0.2, 0) is 10.3 Å². The molecule has 0 aliphatic carbocycles. The Bertz CT molecular complexity index is 1450. The summed E-state index contributed by atoms with van der Waals surface area (Å²) in [5, 5.41) is 13.5. The number of hydrogen-bond donors (Lipinski definition) is 2. The lowest BCUT2D eigenvalue weighted by Crippen LogP contribution is -2.55. The number of halogens is 1. The van der Waals surface area contributed by atoms with Crippen molar-refractivity contribution in [3.05, 3.63) is 126 Å². The topological polar surface area (TPSA) is 71.5 Å². The highest BCUT2D eigenvalue weighted by Crippen LogP contribution is 2.45. The van der Waals surface area contributed by atoms with Crippen LogP contribution in [0.15, 0.2) is 108 Å². The smallest absolute Gasteiger partial charge is 0.238 e. The van der Waals surface area contributed by atoms with E-state index in [-0.39, 0.29) is 23.4 Å². The van der Waals surface area contributed by atoms with E-state index in [0.29, 0.717) is 29.0 Å². The summed E-state index contributed by atoms with van der Waals surface area (Å²) in [6, 6.07) is 25.7. The molecule has 1 fully saturated rings. The molecule has 186 valence electrons. The number of phenols is 1. The van der Waals surface area contributed by atoms with Crippen molar-refractivity contribution in [1.29, 1.82) is 0 Å². The van der Waals surface area contributed by atoms with Crippen molar-refractivity contribution in [1.82, 2.24) is 10.3 Å². The number of rotatable bonds is 6. The van der Waals surface area contributed by atoms with Gasteiger partial charge in [0.05, 0.1) is 5.69 Å². The summed E-state index contributed by atoms with van der Waals surface area (Å²) in [7, 11) is 0. The zero-order chi connectivity index (χ0) is 26.0. The van der Waals surface area contributed by atoms with Gasteiger partial charge in [-0.2, -0.15) is 0 Å². The van der Waals surface area contributed by atoms with Gasteiger partial charge in [0, 0.05) is 22.9 Å². The van der Waals surface area contributed by atoms with E-state index in [2.05, 4.69) is 11.9 Å². The molecule has 1 aromatic heterocycles. The van der Waals surface area contributed by atoms with E-state index < -0.39 is 10.8 Å². The Morgan fingerprint density at radius 1 is 1.03 bits per heavy atom. The third kappa shape index (κ3) is 4.95. The number of piperidine rings is 1. The molecule has 2 heterocycles. The van der Waals surface area contributed by atoms with Crippen LogP contribution >= 0.6 is 11.8 Å². The van der Waals surface area contributed by atoms with Crippen molar-refractivity contribution in [3.63, 3.8) is 0 Å². The molecule has 37 heavy (non-hydrogen) atoms. The molecule has 1 aliphatic heterocycles. The summed E-state index contributed by atoms with van der Waals surface area (Å²) in [4.78, 5) is 19.3. The lowest BCUT2D eigenvalue weighted by Gasteiger charge is -2.42. The van der Waals surface area contributed by atoms with Gasteiger partial charge in [0.25, 0.3) is 0 Å². The van der Waals surface area contributed by atoms with E-state index in [1.807, 2.05) is 31.2 Å². The molecule has 0 saturated carbocycles. The molecule has 0 radical (unpaired) electrons. The Morgan fingerprint density at radius 2 is 1.76 bits per heavy atom. The minimum absolute atomic E-state index is 0.0345.